The van der Waals surface area contributed by atoms with Crippen molar-refractivity contribution in [1.29, 1.82) is 5.26 Å². The highest BCUT2D eigenvalue weighted by Crippen LogP contribution is 2.28. The Morgan fingerprint density at radius 1 is 1.33 bits per heavy atom. The number of hydrogen-bond donors (Lipinski definition) is 2. The summed E-state index contributed by atoms with van der Waals surface area (Å²) in [5, 5.41) is 20.8. The van der Waals surface area contributed by atoms with Crippen molar-refractivity contribution in [3.8, 4) is 6.07 Å². The van der Waals surface area contributed by atoms with Gasteiger partial charge in [0.1, 0.15) is 5.82 Å². The summed E-state index contributed by atoms with van der Waals surface area (Å²) in [4.78, 5) is 8.42. The molecule has 0 bridgehead atoms. The average molecular weight is 371 g/mol. The molecule has 1 aromatic carbocycles. The summed E-state index contributed by atoms with van der Waals surface area (Å²) in [7, 11) is 0. The SMILES string of the molecule is CCCC(CC)N(O)c1nc(N)nc(C)c1Cc1cc(CC#N)ccc1F. The van der Waals surface area contributed by atoms with E-state index in [4.69, 9.17) is 11.0 Å². The van der Waals surface area contributed by atoms with E-state index in [-0.39, 0.29) is 30.6 Å². The normalized spacial score (nSPS) is 11.9. The second-order valence-corrected chi connectivity index (χ2v) is 6.60. The first kappa shape index (κ1) is 20.6. The van der Waals surface area contributed by atoms with E-state index in [0.717, 1.165) is 29.9 Å². The molecule has 0 amide bonds. The van der Waals surface area contributed by atoms with Crippen molar-refractivity contribution >= 4 is 11.8 Å². The van der Waals surface area contributed by atoms with Gasteiger partial charge in [-0.2, -0.15) is 10.2 Å². The zero-order valence-corrected chi connectivity index (χ0v) is 16.0. The summed E-state index contributed by atoms with van der Waals surface area (Å²) in [5.41, 5.74) is 8.18. The minimum atomic E-state index is -0.371. The highest BCUT2D eigenvalue weighted by molar-refractivity contribution is 5.52. The van der Waals surface area contributed by atoms with Crippen LogP contribution in [0.1, 0.15) is 55.5 Å². The number of nitrogen functional groups attached to an aromatic ring is 1. The van der Waals surface area contributed by atoms with Crippen LogP contribution in [0.5, 0.6) is 0 Å². The van der Waals surface area contributed by atoms with Gasteiger partial charge in [-0.25, -0.2) is 14.4 Å². The van der Waals surface area contributed by atoms with Gasteiger partial charge in [-0.1, -0.05) is 32.4 Å². The molecule has 0 aliphatic carbocycles. The van der Waals surface area contributed by atoms with E-state index in [1.54, 1.807) is 19.1 Å². The molecule has 0 spiro atoms. The molecule has 27 heavy (non-hydrogen) atoms. The first-order chi connectivity index (χ1) is 12.9. The summed E-state index contributed by atoms with van der Waals surface area (Å²) in [6.07, 6.45) is 2.85. The van der Waals surface area contributed by atoms with E-state index in [0.29, 0.717) is 22.6 Å². The molecular weight excluding hydrogens is 345 g/mol. The zero-order valence-electron chi connectivity index (χ0n) is 16.0. The Morgan fingerprint density at radius 2 is 2.07 bits per heavy atom. The summed E-state index contributed by atoms with van der Waals surface area (Å²) in [6, 6.07) is 6.58. The lowest BCUT2D eigenvalue weighted by atomic mass is 9.99. The summed E-state index contributed by atoms with van der Waals surface area (Å²) >= 11 is 0. The Hall–Kier alpha value is -2.72. The number of hydroxylamine groups is 1. The van der Waals surface area contributed by atoms with Crippen molar-refractivity contribution < 1.29 is 9.60 Å². The molecule has 1 unspecified atom stereocenters. The third-order valence-corrected chi connectivity index (χ3v) is 4.63. The number of nitriles is 1. The highest BCUT2D eigenvalue weighted by atomic mass is 19.1. The molecular formula is C20H26FN5O. The van der Waals surface area contributed by atoms with Crippen LogP contribution < -0.4 is 10.8 Å². The van der Waals surface area contributed by atoms with Crippen molar-refractivity contribution in [2.45, 2.75) is 58.9 Å². The molecule has 7 heteroatoms. The first-order valence-corrected chi connectivity index (χ1v) is 9.16. The molecule has 1 heterocycles. The van der Waals surface area contributed by atoms with Crippen LogP contribution in [0.4, 0.5) is 16.2 Å². The maximum Gasteiger partial charge on any atom is 0.222 e. The summed E-state index contributed by atoms with van der Waals surface area (Å²) in [5.74, 6) is 0.00435. The van der Waals surface area contributed by atoms with E-state index in [1.807, 2.05) is 13.8 Å². The fourth-order valence-corrected chi connectivity index (χ4v) is 3.16. The van der Waals surface area contributed by atoms with Gasteiger partial charge in [0.25, 0.3) is 0 Å². The van der Waals surface area contributed by atoms with Crippen LogP contribution >= 0.6 is 0 Å². The van der Waals surface area contributed by atoms with Gasteiger partial charge in [-0.05, 0) is 37.0 Å². The minimum Gasteiger partial charge on any atom is -0.368 e. The van der Waals surface area contributed by atoms with E-state index < -0.39 is 0 Å². The smallest absolute Gasteiger partial charge is 0.222 e. The van der Waals surface area contributed by atoms with Crippen LogP contribution in [0.2, 0.25) is 0 Å². The molecule has 0 radical (unpaired) electrons. The quantitative estimate of drug-likeness (QED) is 0.682. The van der Waals surface area contributed by atoms with Crippen molar-refractivity contribution in [3.63, 3.8) is 0 Å². The van der Waals surface area contributed by atoms with Crippen LogP contribution in [-0.4, -0.2) is 21.2 Å². The second kappa shape index (κ2) is 9.28. The third kappa shape index (κ3) is 4.92. The topological polar surface area (TPSA) is 99.1 Å². The largest absolute Gasteiger partial charge is 0.368 e. The minimum absolute atomic E-state index is 0.0651. The predicted octanol–water partition coefficient (Wildman–Crippen LogP) is 3.94. The first-order valence-electron chi connectivity index (χ1n) is 9.16. The van der Waals surface area contributed by atoms with Crippen LogP contribution in [-0.2, 0) is 12.8 Å². The lowest BCUT2D eigenvalue weighted by Gasteiger charge is -2.28. The average Bonchev–Trinajstić information content (AvgIpc) is 2.63. The predicted molar refractivity (Wildman–Crippen MR) is 103 cm³/mol. The molecule has 1 atom stereocenters. The summed E-state index contributed by atoms with van der Waals surface area (Å²) in [6.45, 7) is 5.81. The fourth-order valence-electron chi connectivity index (χ4n) is 3.16. The lowest BCUT2D eigenvalue weighted by Crippen LogP contribution is -2.33. The van der Waals surface area contributed by atoms with Crippen molar-refractivity contribution in [2.24, 2.45) is 0 Å². The van der Waals surface area contributed by atoms with Gasteiger partial charge >= 0.3 is 0 Å². The molecule has 0 aliphatic heterocycles. The molecule has 0 saturated carbocycles. The number of nitrogens with two attached hydrogens (primary N) is 1. The van der Waals surface area contributed by atoms with Crippen molar-refractivity contribution in [3.05, 3.63) is 46.4 Å². The van der Waals surface area contributed by atoms with Gasteiger partial charge in [-0.3, -0.25) is 5.21 Å². The van der Waals surface area contributed by atoms with Gasteiger partial charge < -0.3 is 5.73 Å². The van der Waals surface area contributed by atoms with Gasteiger partial charge in [-0.15, -0.1) is 0 Å². The van der Waals surface area contributed by atoms with Crippen LogP contribution in [0, 0.1) is 24.1 Å². The van der Waals surface area contributed by atoms with Gasteiger partial charge in [0, 0.05) is 17.7 Å². The number of rotatable bonds is 8. The number of benzene rings is 1. The Balaban J connectivity index is 2.48. The number of halogens is 1. The van der Waals surface area contributed by atoms with E-state index in [2.05, 4.69) is 16.0 Å². The van der Waals surface area contributed by atoms with E-state index >= 15 is 0 Å². The van der Waals surface area contributed by atoms with E-state index in [9.17, 15) is 9.60 Å². The second-order valence-electron chi connectivity index (χ2n) is 6.60. The van der Waals surface area contributed by atoms with E-state index in [1.165, 1.54) is 6.07 Å². The molecule has 3 N–H and O–H groups in total. The van der Waals surface area contributed by atoms with Crippen molar-refractivity contribution in [2.75, 3.05) is 10.8 Å². The third-order valence-electron chi connectivity index (χ3n) is 4.63. The molecule has 1 aromatic heterocycles. The molecule has 0 aliphatic rings. The molecule has 2 aromatic rings. The Bertz CT molecular complexity index is 834. The van der Waals surface area contributed by atoms with Gasteiger partial charge in [0.15, 0.2) is 5.82 Å². The standard InChI is InChI=1S/C20H26FN5O/c1-4-6-16(5-2)26(27)19-17(13(3)24-20(23)25-19)12-15-11-14(9-10-22)7-8-18(15)21/h7-8,11,16,27H,4-6,9,12H2,1-3H3,(H2,23,24,25). The van der Waals surface area contributed by atoms with Gasteiger partial charge in [0.2, 0.25) is 5.95 Å². The number of nitrogens with zero attached hydrogens (tertiary/aromatic N) is 4. The summed E-state index contributed by atoms with van der Waals surface area (Å²) < 4.78 is 14.4. The van der Waals surface area contributed by atoms with Crippen LogP contribution in [0.25, 0.3) is 0 Å². The molecule has 2 rings (SSSR count). The molecule has 6 nitrogen and oxygen atoms in total. The number of anilines is 2. The number of aromatic nitrogens is 2. The lowest BCUT2D eigenvalue weighted by molar-refractivity contribution is 0.202. The molecule has 0 fully saturated rings. The maximum atomic E-state index is 14.4. The van der Waals surface area contributed by atoms with Crippen LogP contribution in [0.15, 0.2) is 18.2 Å². The maximum absolute atomic E-state index is 14.4. The fraction of sp³-hybridized carbons (Fsp3) is 0.450. The van der Waals surface area contributed by atoms with Crippen LogP contribution in [0.3, 0.4) is 0 Å². The zero-order chi connectivity index (χ0) is 20.0. The van der Waals surface area contributed by atoms with Crippen molar-refractivity contribution in [1.82, 2.24) is 9.97 Å². The monoisotopic (exact) mass is 371 g/mol. The Morgan fingerprint density at radius 3 is 2.70 bits per heavy atom. The number of hydrogen-bond acceptors (Lipinski definition) is 6. The number of aryl methyl sites for hydroxylation is 1. The van der Waals surface area contributed by atoms with Gasteiger partial charge in [0.05, 0.1) is 18.5 Å². The molecule has 0 saturated heterocycles. The Labute approximate surface area is 159 Å². The highest BCUT2D eigenvalue weighted by Gasteiger charge is 2.22. The molecule has 144 valence electrons. The Kier molecular flexibility index (Phi) is 7.08.